The van der Waals surface area contributed by atoms with Crippen LogP contribution in [0.25, 0.3) is 10.8 Å². The third kappa shape index (κ3) is 3.10. The minimum Gasteiger partial charge on any atom is -0.461 e. The predicted molar refractivity (Wildman–Crippen MR) is 85.2 cm³/mol. The van der Waals surface area contributed by atoms with Gasteiger partial charge in [0.1, 0.15) is 6.10 Å². The molecule has 0 amide bonds. The van der Waals surface area contributed by atoms with Crippen molar-refractivity contribution >= 4 is 16.7 Å². The van der Waals surface area contributed by atoms with Gasteiger partial charge < -0.3 is 4.74 Å². The Bertz CT molecular complexity index is 632. The van der Waals surface area contributed by atoms with E-state index in [0.29, 0.717) is 0 Å². The van der Waals surface area contributed by atoms with Crippen LogP contribution in [0.5, 0.6) is 0 Å². The molecule has 0 radical (unpaired) electrons. The summed E-state index contributed by atoms with van der Waals surface area (Å²) in [4.78, 5) is 11.5. The number of cyclic esters (lactones) is 1. The van der Waals surface area contributed by atoms with Crippen molar-refractivity contribution in [1.82, 2.24) is 0 Å². The molecule has 2 heteroatoms. The molecule has 1 aliphatic heterocycles. The van der Waals surface area contributed by atoms with Crippen LogP contribution in [0.15, 0.2) is 42.5 Å². The molecule has 2 aromatic rings. The molecule has 1 aliphatic rings. The predicted octanol–water partition coefficient (Wildman–Crippen LogP) is 4.50. The number of hydrogen-bond donors (Lipinski definition) is 0. The molecule has 0 aliphatic carbocycles. The minimum absolute atomic E-state index is 0.00645. The summed E-state index contributed by atoms with van der Waals surface area (Å²) < 4.78 is 5.21. The molecule has 3 rings (SSSR count). The zero-order valence-electron chi connectivity index (χ0n) is 12.5. The van der Waals surface area contributed by atoms with E-state index in [-0.39, 0.29) is 18.0 Å². The van der Waals surface area contributed by atoms with E-state index in [4.69, 9.17) is 4.74 Å². The Hall–Kier alpha value is -1.83. The molecule has 2 aromatic carbocycles. The fourth-order valence-electron chi connectivity index (χ4n) is 3.17. The number of aryl methyl sites for hydroxylation is 1. The first-order valence-corrected chi connectivity index (χ1v) is 7.96. The van der Waals surface area contributed by atoms with Gasteiger partial charge in [-0.05, 0) is 42.0 Å². The van der Waals surface area contributed by atoms with Gasteiger partial charge in [0.2, 0.25) is 0 Å². The maximum absolute atomic E-state index is 11.5. The summed E-state index contributed by atoms with van der Waals surface area (Å²) in [6.07, 6.45) is 5.31. The summed E-state index contributed by atoms with van der Waals surface area (Å²) in [6.45, 7) is 2.14. The van der Waals surface area contributed by atoms with Gasteiger partial charge in [-0.25, -0.2) is 0 Å². The maximum atomic E-state index is 11.5. The van der Waals surface area contributed by atoms with Crippen LogP contribution in [0, 0.1) is 5.92 Å². The number of benzene rings is 2. The van der Waals surface area contributed by atoms with Gasteiger partial charge in [0, 0.05) is 0 Å². The number of hydrogen-bond acceptors (Lipinski definition) is 2. The fraction of sp³-hybridized carbons (Fsp3) is 0.421. The molecule has 0 spiro atoms. The van der Waals surface area contributed by atoms with Crippen LogP contribution in [0.4, 0.5) is 0 Å². The van der Waals surface area contributed by atoms with Crippen molar-refractivity contribution in [2.24, 2.45) is 5.92 Å². The lowest BCUT2D eigenvalue weighted by Crippen LogP contribution is -2.44. The topological polar surface area (TPSA) is 26.3 Å². The van der Waals surface area contributed by atoms with E-state index in [1.54, 1.807) is 0 Å². The van der Waals surface area contributed by atoms with Crippen molar-refractivity contribution in [3.05, 3.63) is 48.0 Å². The van der Waals surface area contributed by atoms with Crippen LogP contribution < -0.4 is 0 Å². The Labute approximate surface area is 126 Å². The van der Waals surface area contributed by atoms with E-state index in [1.807, 2.05) is 0 Å². The highest BCUT2D eigenvalue weighted by molar-refractivity contribution is 5.83. The van der Waals surface area contributed by atoms with Gasteiger partial charge in [0.05, 0.1) is 5.92 Å². The first-order valence-electron chi connectivity index (χ1n) is 7.96. The molecule has 0 N–H and O–H groups in total. The van der Waals surface area contributed by atoms with Crippen molar-refractivity contribution in [2.75, 3.05) is 0 Å². The standard InChI is InChI=1S/C19H22O2/c1-2-6-18-17(19(20)21-18)10-5-7-14-11-12-15-8-3-4-9-16(15)13-14/h3-4,8-9,11-13,17-18H,2,5-7,10H2,1H3/t17-,18+/m1/s1. The van der Waals surface area contributed by atoms with Crippen LogP contribution >= 0.6 is 0 Å². The molecule has 2 atom stereocenters. The van der Waals surface area contributed by atoms with Crippen molar-refractivity contribution < 1.29 is 9.53 Å². The summed E-state index contributed by atoms with van der Waals surface area (Å²) >= 11 is 0. The highest BCUT2D eigenvalue weighted by atomic mass is 16.6. The Kier molecular flexibility index (Phi) is 4.23. The van der Waals surface area contributed by atoms with E-state index in [9.17, 15) is 4.79 Å². The lowest BCUT2D eigenvalue weighted by molar-refractivity contribution is -0.186. The summed E-state index contributed by atoms with van der Waals surface area (Å²) in [7, 11) is 0. The van der Waals surface area contributed by atoms with E-state index in [1.165, 1.54) is 16.3 Å². The van der Waals surface area contributed by atoms with Gasteiger partial charge >= 0.3 is 5.97 Å². The molecule has 0 unspecified atom stereocenters. The fourth-order valence-corrected chi connectivity index (χ4v) is 3.17. The average Bonchev–Trinajstić information content (AvgIpc) is 2.51. The number of rotatable bonds is 6. The molecular weight excluding hydrogens is 260 g/mol. The van der Waals surface area contributed by atoms with Crippen LogP contribution in [0.1, 0.15) is 38.2 Å². The molecule has 1 heterocycles. The van der Waals surface area contributed by atoms with E-state index >= 15 is 0 Å². The smallest absolute Gasteiger partial charge is 0.313 e. The molecule has 110 valence electrons. The van der Waals surface area contributed by atoms with Crippen molar-refractivity contribution in [3.8, 4) is 0 Å². The third-order valence-corrected chi connectivity index (χ3v) is 4.39. The van der Waals surface area contributed by atoms with Crippen LogP contribution in [0.2, 0.25) is 0 Å². The average molecular weight is 282 g/mol. The van der Waals surface area contributed by atoms with Gasteiger partial charge in [-0.15, -0.1) is 0 Å². The van der Waals surface area contributed by atoms with E-state index < -0.39 is 0 Å². The lowest BCUT2D eigenvalue weighted by Gasteiger charge is -2.35. The first-order chi connectivity index (χ1) is 10.3. The number of fused-ring (bicyclic) bond motifs is 1. The zero-order chi connectivity index (χ0) is 14.7. The lowest BCUT2D eigenvalue weighted by atomic mass is 9.88. The van der Waals surface area contributed by atoms with E-state index in [2.05, 4.69) is 49.4 Å². The zero-order valence-corrected chi connectivity index (χ0v) is 12.5. The number of carbonyl (C=O) groups is 1. The van der Waals surface area contributed by atoms with Crippen molar-refractivity contribution in [3.63, 3.8) is 0 Å². The highest BCUT2D eigenvalue weighted by Gasteiger charge is 2.40. The quantitative estimate of drug-likeness (QED) is 0.729. The summed E-state index contributed by atoms with van der Waals surface area (Å²) in [6, 6.07) is 15.1. The SMILES string of the molecule is CCC[C@@H]1OC(=O)[C@@H]1CCCc1ccc2ccccc2c1. The monoisotopic (exact) mass is 282 g/mol. The Morgan fingerprint density at radius 1 is 1.05 bits per heavy atom. The number of esters is 1. The molecule has 21 heavy (non-hydrogen) atoms. The van der Waals surface area contributed by atoms with Gasteiger partial charge in [-0.3, -0.25) is 4.79 Å². The minimum atomic E-state index is 0.00645. The van der Waals surface area contributed by atoms with Crippen LogP contribution in [0.3, 0.4) is 0 Å². The molecule has 1 saturated heterocycles. The molecule has 2 nitrogen and oxygen atoms in total. The Morgan fingerprint density at radius 3 is 2.62 bits per heavy atom. The second kappa shape index (κ2) is 6.30. The number of ether oxygens (including phenoxy) is 1. The van der Waals surface area contributed by atoms with Crippen LogP contribution in [-0.4, -0.2) is 12.1 Å². The summed E-state index contributed by atoms with van der Waals surface area (Å²) in [5, 5.41) is 2.58. The van der Waals surface area contributed by atoms with Crippen molar-refractivity contribution in [2.45, 2.75) is 45.1 Å². The highest BCUT2D eigenvalue weighted by Crippen LogP contribution is 2.30. The maximum Gasteiger partial charge on any atom is 0.313 e. The molecule has 0 aromatic heterocycles. The normalized spacial score (nSPS) is 21.1. The summed E-state index contributed by atoms with van der Waals surface area (Å²) in [5.41, 5.74) is 1.36. The Morgan fingerprint density at radius 2 is 1.86 bits per heavy atom. The molecule has 0 saturated carbocycles. The van der Waals surface area contributed by atoms with Gasteiger partial charge in [0.15, 0.2) is 0 Å². The van der Waals surface area contributed by atoms with Gasteiger partial charge in [-0.1, -0.05) is 55.8 Å². The molecule has 1 fully saturated rings. The van der Waals surface area contributed by atoms with E-state index in [0.717, 1.165) is 32.1 Å². The van der Waals surface area contributed by atoms with Crippen LogP contribution in [-0.2, 0) is 16.0 Å². The third-order valence-electron chi connectivity index (χ3n) is 4.39. The summed E-state index contributed by atoms with van der Waals surface area (Å²) in [5.74, 6) is 0.150. The first kappa shape index (κ1) is 14.1. The van der Waals surface area contributed by atoms with Crippen molar-refractivity contribution in [1.29, 1.82) is 0 Å². The Balaban J connectivity index is 1.55. The second-order valence-corrected chi connectivity index (χ2v) is 5.94. The van der Waals surface area contributed by atoms with Gasteiger partial charge in [-0.2, -0.15) is 0 Å². The molecule has 0 bridgehead atoms. The largest absolute Gasteiger partial charge is 0.461 e. The second-order valence-electron chi connectivity index (χ2n) is 5.94. The number of carbonyl (C=O) groups excluding carboxylic acids is 1. The van der Waals surface area contributed by atoms with Gasteiger partial charge in [0.25, 0.3) is 0 Å². The molecular formula is C19H22O2.